The molecule has 4 heteroatoms. The van der Waals surface area contributed by atoms with Gasteiger partial charge in [-0.3, -0.25) is 0 Å². The van der Waals surface area contributed by atoms with Crippen LogP contribution in [0.4, 0.5) is 0 Å². The van der Waals surface area contributed by atoms with Gasteiger partial charge in [-0.1, -0.05) is 36.8 Å². The Morgan fingerprint density at radius 1 is 1.17 bits per heavy atom. The second-order valence-corrected chi connectivity index (χ2v) is 6.07. The van der Waals surface area contributed by atoms with Crippen molar-refractivity contribution >= 4 is 5.96 Å². The molecule has 0 bridgehead atoms. The topological polar surface area (TPSA) is 41.4 Å². The smallest absolute Gasteiger partial charge is 0.191 e. The van der Waals surface area contributed by atoms with E-state index in [1.54, 1.807) is 0 Å². The second-order valence-electron chi connectivity index (χ2n) is 6.07. The van der Waals surface area contributed by atoms with Gasteiger partial charge in [0.05, 0.1) is 6.54 Å². The molecule has 0 aliphatic carbocycles. The molecular formula is C19H28N4. The number of aryl methyl sites for hydroxylation is 2. The van der Waals surface area contributed by atoms with Gasteiger partial charge in [0.2, 0.25) is 0 Å². The van der Waals surface area contributed by atoms with E-state index in [9.17, 15) is 0 Å². The third kappa shape index (κ3) is 5.47. The van der Waals surface area contributed by atoms with Crippen LogP contribution in [0.3, 0.4) is 0 Å². The van der Waals surface area contributed by atoms with Crippen LogP contribution >= 0.6 is 0 Å². The lowest BCUT2D eigenvalue weighted by atomic mass is 10.0. The van der Waals surface area contributed by atoms with Crippen molar-refractivity contribution in [2.45, 2.75) is 33.2 Å². The zero-order valence-electron chi connectivity index (χ0n) is 14.6. The zero-order valence-corrected chi connectivity index (χ0v) is 14.6. The molecule has 1 heterocycles. The van der Waals surface area contributed by atoms with Crippen molar-refractivity contribution in [1.29, 1.82) is 0 Å². The minimum absolute atomic E-state index is 0.441. The van der Waals surface area contributed by atoms with E-state index < -0.39 is 0 Å². The molecule has 1 aromatic carbocycles. The molecule has 0 amide bonds. The summed E-state index contributed by atoms with van der Waals surface area (Å²) in [7, 11) is 2.03. The summed E-state index contributed by atoms with van der Waals surface area (Å²) in [6, 6.07) is 10.8. The highest BCUT2D eigenvalue weighted by Crippen LogP contribution is 2.14. The molecule has 0 saturated carbocycles. The molecule has 1 atom stereocenters. The van der Waals surface area contributed by atoms with Crippen molar-refractivity contribution in [1.82, 2.24) is 15.2 Å². The molecule has 1 unspecified atom stereocenters. The molecule has 0 saturated heterocycles. The molecule has 1 aromatic heterocycles. The van der Waals surface area contributed by atoms with Crippen LogP contribution in [-0.4, -0.2) is 23.6 Å². The molecular weight excluding hydrogens is 284 g/mol. The number of hydrogen-bond donors (Lipinski definition) is 2. The van der Waals surface area contributed by atoms with Crippen LogP contribution in [0, 0.1) is 6.92 Å². The summed E-state index contributed by atoms with van der Waals surface area (Å²) in [5.41, 5.74) is 3.87. The largest absolute Gasteiger partial charge is 0.357 e. The van der Waals surface area contributed by atoms with Gasteiger partial charge in [0.1, 0.15) is 0 Å². The van der Waals surface area contributed by atoms with E-state index in [1.807, 2.05) is 17.8 Å². The Morgan fingerprint density at radius 3 is 2.52 bits per heavy atom. The molecule has 0 aliphatic heterocycles. The van der Waals surface area contributed by atoms with Crippen molar-refractivity contribution in [3.05, 3.63) is 59.4 Å². The lowest BCUT2D eigenvalue weighted by molar-refractivity contribution is 0.699. The predicted molar refractivity (Wildman–Crippen MR) is 97.8 cm³/mol. The average molecular weight is 312 g/mol. The van der Waals surface area contributed by atoms with Crippen LogP contribution in [0.5, 0.6) is 0 Å². The highest BCUT2D eigenvalue weighted by Gasteiger charge is 2.06. The van der Waals surface area contributed by atoms with Crippen LogP contribution in [0.1, 0.15) is 36.5 Å². The fourth-order valence-electron chi connectivity index (χ4n) is 2.43. The van der Waals surface area contributed by atoms with Gasteiger partial charge >= 0.3 is 0 Å². The molecule has 2 rings (SSSR count). The SMILES string of the molecule is CCNC(=NCc1ccn(C)c1)NCC(C)c1ccc(C)cc1. The highest BCUT2D eigenvalue weighted by molar-refractivity contribution is 5.79. The Morgan fingerprint density at radius 2 is 1.91 bits per heavy atom. The zero-order chi connectivity index (χ0) is 16.7. The Kier molecular flexibility index (Phi) is 6.27. The number of aliphatic imine (C=N–C) groups is 1. The second kappa shape index (κ2) is 8.42. The normalized spacial score (nSPS) is 13.0. The molecule has 0 fully saturated rings. The highest BCUT2D eigenvalue weighted by atomic mass is 15.2. The van der Waals surface area contributed by atoms with Gasteiger partial charge in [-0.05, 0) is 37.0 Å². The molecule has 0 aliphatic rings. The van der Waals surface area contributed by atoms with Gasteiger partial charge < -0.3 is 15.2 Å². The lowest BCUT2D eigenvalue weighted by Crippen LogP contribution is -2.39. The Balaban J connectivity index is 1.91. The van der Waals surface area contributed by atoms with Crippen LogP contribution in [-0.2, 0) is 13.6 Å². The number of nitrogens with zero attached hydrogens (tertiary/aromatic N) is 2. The summed E-state index contributed by atoms with van der Waals surface area (Å²) in [6.45, 7) is 8.85. The molecule has 0 spiro atoms. The maximum atomic E-state index is 4.66. The van der Waals surface area contributed by atoms with E-state index in [2.05, 4.69) is 72.9 Å². The molecule has 2 N–H and O–H groups in total. The summed E-state index contributed by atoms with van der Waals surface area (Å²) in [5, 5.41) is 6.75. The maximum absolute atomic E-state index is 4.66. The van der Waals surface area contributed by atoms with E-state index in [-0.39, 0.29) is 0 Å². The first-order valence-corrected chi connectivity index (χ1v) is 8.28. The number of benzene rings is 1. The van der Waals surface area contributed by atoms with Gasteiger partial charge in [0, 0.05) is 32.5 Å². The summed E-state index contributed by atoms with van der Waals surface area (Å²) in [4.78, 5) is 4.66. The van der Waals surface area contributed by atoms with E-state index >= 15 is 0 Å². The van der Waals surface area contributed by atoms with Crippen LogP contribution in [0.25, 0.3) is 0 Å². The van der Waals surface area contributed by atoms with Crippen molar-refractivity contribution in [2.24, 2.45) is 12.0 Å². The monoisotopic (exact) mass is 312 g/mol. The van der Waals surface area contributed by atoms with Crippen LogP contribution in [0.2, 0.25) is 0 Å². The van der Waals surface area contributed by atoms with Crippen LogP contribution in [0.15, 0.2) is 47.7 Å². The first-order chi connectivity index (χ1) is 11.1. The standard InChI is InChI=1S/C19H28N4/c1-5-20-19(22-13-17-10-11-23(4)14-17)21-12-16(3)18-8-6-15(2)7-9-18/h6-11,14,16H,5,12-13H2,1-4H3,(H2,20,21,22). The van der Waals surface area contributed by atoms with E-state index in [4.69, 9.17) is 0 Å². The molecule has 4 nitrogen and oxygen atoms in total. The number of guanidine groups is 1. The fourth-order valence-corrected chi connectivity index (χ4v) is 2.43. The van der Waals surface area contributed by atoms with Gasteiger partial charge in [-0.2, -0.15) is 0 Å². The molecule has 0 radical (unpaired) electrons. The summed E-state index contributed by atoms with van der Waals surface area (Å²) in [6.07, 6.45) is 4.15. The number of rotatable bonds is 6. The molecule has 2 aromatic rings. The Hall–Kier alpha value is -2.23. The fraction of sp³-hybridized carbons (Fsp3) is 0.421. The first kappa shape index (κ1) is 17.1. The number of nitrogens with one attached hydrogen (secondary N) is 2. The van der Waals surface area contributed by atoms with Crippen LogP contribution < -0.4 is 10.6 Å². The van der Waals surface area contributed by atoms with Gasteiger partial charge in [-0.15, -0.1) is 0 Å². The minimum atomic E-state index is 0.441. The van der Waals surface area contributed by atoms with E-state index in [0.29, 0.717) is 12.5 Å². The summed E-state index contributed by atoms with van der Waals surface area (Å²) in [5.74, 6) is 1.31. The third-order valence-corrected chi connectivity index (χ3v) is 3.88. The average Bonchev–Trinajstić information content (AvgIpc) is 2.96. The quantitative estimate of drug-likeness (QED) is 0.635. The number of aromatic nitrogens is 1. The van der Waals surface area contributed by atoms with Gasteiger partial charge in [0.15, 0.2) is 5.96 Å². The molecule has 23 heavy (non-hydrogen) atoms. The predicted octanol–water partition coefficient (Wildman–Crippen LogP) is 3.19. The van der Waals surface area contributed by atoms with Crippen molar-refractivity contribution in [3.63, 3.8) is 0 Å². The van der Waals surface area contributed by atoms with Crippen molar-refractivity contribution in [3.8, 4) is 0 Å². The number of hydrogen-bond acceptors (Lipinski definition) is 1. The summed E-state index contributed by atoms with van der Waals surface area (Å²) >= 11 is 0. The van der Waals surface area contributed by atoms with Gasteiger partial charge in [-0.25, -0.2) is 4.99 Å². The van der Waals surface area contributed by atoms with E-state index in [1.165, 1.54) is 16.7 Å². The van der Waals surface area contributed by atoms with E-state index in [0.717, 1.165) is 19.0 Å². The van der Waals surface area contributed by atoms with Crippen molar-refractivity contribution < 1.29 is 0 Å². The summed E-state index contributed by atoms with van der Waals surface area (Å²) < 4.78 is 2.05. The minimum Gasteiger partial charge on any atom is -0.357 e. The Bertz CT molecular complexity index is 625. The van der Waals surface area contributed by atoms with Crippen molar-refractivity contribution in [2.75, 3.05) is 13.1 Å². The lowest BCUT2D eigenvalue weighted by Gasteiger charge is -2.16. The molecule has 124 valence electrons. The maximum Gasteiger partial charge on any atom is 0.191 e. The Labute approximate surface area is 139 Å². The van der Waals surface area contributed by atoms with Gasteiger partial charge in [0.25, 0.3) is 0 Å². The third-order valence-electron chi connectivity index (χ3n) is 3.88. The first-order valence-electron chi connectivity index (χ1n) is 8.28.